The van der Waals surface area contributed by atoms with Crippen LogP contribution < -0.4 is 0 Å². The van der Waals surface area contributed by atoms with Crippen LogP contribution in [-0.2, 0) is 0 Å². The van der Waals surface area contributed by atoms with Crippen LogP contribution in [0.3, 0.4) is 0 Å². The highest BCUT2D eigenvalue weighted by molar-refractivity contribution is 5.97. The van der Waals surface area contributed by atoms with Crippen LogP contribution in [0.2, 0.25) is 0 Å². The molecule has 0 bridgehead atoms. The van der Waals surface area contributed by atoms with Gasteiger partial charge in [0.15, 0.2) is 0 Å². The summed E-state index contributed by atoms with van der Waals surface area (Å²) in [5.41, 5.74) is 4.80. The molecule has 0 aromatic carbocycles. The first-order valence-corrected chi connectivity index (χ1v) is 6.51. The van der Waals surface area contributed by atoms with E-state index >= 15 is 0 Å². The first kappa shape index (κ1) is 14.0. The molecule has 1 unspecified atom stereocenters. The molecule has 0 heterocycles. The van der Waals surface area contributed by atoms with Crippen LogP contribution >= 0.6 is 0 Å². The quantitative estimate of drug-likeness (QED) is 0.609. The van der Waals surface area contributed by atoms with Gasteiger partial charge in [0.25, 0.3) is 0 Å². The molecule has 0 spiro atoms. The summed E-state index contributed by atoms with van der Waals surface area (Å²) >= 11 is 0. The predicted octanol–water partition coefficient (Wildman–Crippen LogP) is 4.92. The maximum absolute atomic E-state index is 4.75. The van der Waals surface area contributed by atoms with E-state index in [0.29, 0.717) is 0 Å². The van der Waals surface area contributed by atoms with Crippen LogP contribution in [0.1, 0.15) is 47.5 Å². The Morgan fingerprint density at radius 1 is 1.35 bits per heavy atom. The van der Waals surface area contributed by atoms with Gasteiger partial charge in [0.05, 0.1) is 0 Å². The lowest BCUT2D eigenvalue weighted by atomic mass is 9.92. The summed E-state index contributed by atoms with van der Waals surface area (Å²) in [5, 5.41) is 0. The summed E-state index contributed by atoms with van der Waals surface area (Å²) in [4.78, 5) is 4.75. The Labute approximate surface area is 106 Å². The third kappa shape index (κ3) is 3.69. The summed E-state index contributed by atoms with van der Waals surface area (Å²) in [7, 11) is 0. The van der Waals surface area contributed by atoms with E-state index in [1.165, 1.54) is 17.7 Å². The minimum atomic E-state index is 0.730. The summed E-state index contributed by atoms with van der Waals surface area (Å²) < 4.78 is 0. The molecule has 0 N–H and O–H groups in total. The fourth-order valence-electron chi connectivity index (χ4n) is 2.10. The molecule has 0 saturated heterocycles. The molecule has 1 rings (SSSR count). The predicted molar refractivity (Wildman–Crippen MR) is 77.3 cm³/mol. The SMILES string of the molecule is C=C(C)C(C)=NC1=C(/C=C/C)CC(C(C)C)C1. The molecule has 0 aliphatic heterocycles. The first-order valence-electron chi connectivity index (χ1n) is 6.51. The zero-order valence-electron chi connectivity index (χ0n) is 11.9. The molecule has 1 heteroatoms. The van der Waals surface area contributed by atoms with Crippen LogP contribution in [0.25, 0.3) is 0 Å². The lowest BCUT2D eigenvalue weighted by molar-refractivity contribution is 0.402. The van der Waals surface area contributed by atoms with Crippen LogP contribution in [0.5, 0.6) is 0 Å². The molecule has 0 aromatic heterocycles. The van der Waals surface area contributed by atoms with Crippen molar-refractivity contribution < 1.29 is 0 Å². The smallest absolute Gasteiger partial charge is 0.0441 e. The average Bonchev–Trinajstić information content (AvgIpc) is 2.62. The molecule has 94 valence electrons. The Hall–Kier alpha value is -1.11. The number of hydrogen-bond donors (Lipinski definition) is 0. The standard InChI is InChI=1S/C16H25N/c1-7-8-14-9-15(12(4)5)10-16(14)17-13(6)11(2)3/h7-8,12,15H,2,9-10H2,1,3-6H3/b8-7+,17-13?. The number of hydrogen-bond acceptors (Lipinski definition) is 1. The number of rotatable bonds is 4. The number of aliphatic imine (C=N–C) groups is 1. The van der Waals surface area contributed by atoms with Gasteiger partial charge in [-0.3, -0.25) is 4.99 Å². The number of nitrogens with zero attached hydrogens (tertiary/aromatic N) is 1. The fraction of sp³-hybridized carbons (Fsp3) is 0.562. The Kier molecular flexibility index (Phi) is 4.92. The van der Waals surface area contributed by atoms with Crippen molar-refractivity contribution in [2.45, 2.75) is 47.5 Å². The van der Waals surface area contributed by atoms with Crippen molar-refractivity contribution in [1.82, 2.24) is 0 Å². The lowest BCUT2D eigenvalue weighted by Gasteiger charge is -2.13. The minimum Gasteiger partial charge on any atom is -0.258 e. The van der Waals surface area contributed by atoms with Crippen molar-refractivity contribution in [3.8, 4) is 0 Å². The van der Waals surface area contributed by atoms with E-state index < -0.39 is 0 Å². The van der Waals surface area contributed by atoms with E-state index in [4.69, 9.17) is 4.99 Å². The minimum absolute atomic E-state index is 0.730. The van der Waals surface area contributed by atoms with Crippen molar-refractivity contribution >= 4 is 5.71 Å². The molecule has 1 nitrogen and oxygen atoms in total. The van der Waals surface area contributed by atoms with Crippen molar-refractivity contribution in [1.29, 1.82) is 0 Å². The van der Waals surface area contributed by atoms with Gasteiger partial charge in [-0.25, -0.2) is 0 Å². The molecule has 1 aliphatic carbocycles. The second-order valence-corrected chi connectivity index (χ2v) is 5.36. The molecule has 0 fully saturated rings. The Morgan fingerprint density at radius 3 is 2.47 bits per heavy atom. The molecular weight excluding hydrogens is 206 g/mol. The molecule has 1 atom stereocenters. The van der Waals surface area contributed by atoms with E-state index in [9.17, 15) is 0 Å². The Bertz CT molecular complexity index is 380. The molecular formula is C16H25N. The molecule has 0 amide bonds. The van der Waals surface area contributed by atoms with E-state index in [2.05, 4.69) is 39.5 Å². The summed E-state index contributed by atoms with van der Waals surface area (Å²) in [5.74, 6) is 1.48. The Morgan fingerprint density at radius 2 is 2.00 bits per heavy atom. The lowest BCUT2D eigenvalue weighted by Crippen LogP contribution is -2.04. The first-order chi connectivity index (χ1) is 7.95. The molecule has 1 aliphatic rings. The van der Waals surface area contributed by atoms with Gasteiger partial charge in [0.2, 0.25) is 0 Å². The third-order valence-corrected chi connectivity index (χ3v) is 3.54. The summed E-state index contributed by atoms with van der Waals surface area (Å²) in [6, 6.07) is 0. The average molecular weight is 231 g/mol. The van der Waals surface area contributed by atoms with Gasteiger partial charge < -0.3 is 0 Å². The summed E-state index contributed by atoms with van der Waals surface area (Å²) in [6.45, 7) is 14.7. The van der Waals surface area contributed by atoms with Gasteiger partial charge in [0, 0.05) is 11.4 Å². The van der Waals surface area contributed by atoms with Crippen molar-refractivity contribution in [3.63, 3.8) is 0 Å². The summed E-state index contributed by atoms with van der Waals surface area (Å²) in [6.07, 6.45) is 6.61. The van der Waals surface area contributed by atoms with Gasteiger partial charge in [-0.2, -0.15) is 0 Å². The van der Waals surface area contributed by atoms with Crippen LogP contribution in [0.15, 0.2) is 40.6 Å². The zero-order chi connectivity index (χ0) is 13.0. The largest absolute Gasteiger partial charge is 0.258 e. The fourth-order valence-corrected chi connectivity index (χ4v) is 2.10. The van der Waals surface area contributed by atoms with E-state index in [1.807, 2.05) is 13.8 Å². The van der Waals surface area contributed by atoms with Crippen LogP contribution in [-0.4, -0.2) is 5.71 Å². The van der Waals surface area contributed by atoms with Gasteiger partial charge in [-0.05, 0) is 56.6 Å². The van der Waals surface area contributed by atoms with Crippen LogP contribution in [0, 0.1) is 11.8 Å². The number of allylic oxidation sites excluding steroid dienone is 5. The second kappa shape index (κ2) is 6.00. The third-order valence-electron chi connectivity index (χ3n) is 3.54. The van der Waals surface area contributed by atoms with Crippen molar-refractivity contribution in [2.75, 3.05) is 0 Å². The van der Waals surface area contributed by atoms with Gasteiger partial charge in [-0.1, -0.05) is 32.6 Å². The van der Waals surface area contributed by atoms with Crippen molar-refractivity contribution in [2.24, 2.45) is 16.8 Å². The maximum Gasteiger partial charge on any atom is 0.0441 e. The normalized spacial score (nSPS) is 22.0. The molecule has 0 saturated carbocycles. The highest BCUT2D eigenvalue weighted by atomic mass is 14.8. The van der Waals surface area contributed by atoms with E-state index in [0.717, 1.165) is 29.5 Å². The molecule has 0 radical (unpaired) electrons. The highest BCUT2D eigenvalue weighted by Gasteiger charge is 2.25. The zero-order valence-corrected chi connectivity index (χ0v) is 11.9. The maximum atomic E-state index is 4.75. The van der Waals surface area contributed by atoms with Gasteiger partial charge >= 0.3 is 0 Å². The molecule has 17 heavy (non-hydrogen) atoms. The monoisotopic (exact) mass is 231 g/mol. The molecule has 0 aromatic rings. The second-order valence-electron chi connectivity index (χ2n) is 5.36. The van der Waals surface area contributed by atoms with Crippen LogP contribution in [0.4, 0.5) is 0 Å². The van der Waals surface area contributed by atoms with E-state index in [1.54, 1.807) is 0 Å². The van der Waals surface area contributed by atoms with Crippen molar-refractivity contribution in [3.05, 3.63) is 35.6 Å². The topological polar surface area (TPSA) is 12.4 Å². The highest BCUT2D eigenvalue weighted by Crippen LogP contribution is 2.37. The van der Waals surface area contributed by atoms with Gasteiger partial charge in [-0.15, -0.1) is 0 Å². The van der Waals surface area contributed by atoms with E-state index in [-0.39, 0.29) is 0 Å². The van der Waals surface area contributed by atoms with Gasteiger partial charge in [0.1, 0.15) is 0 Å². The Balaban J connectivity index is 2.96.